The number of nitrogens with zero attached hydrogens (tertiary/aromatic N) is 4. The van der Waals surface area contributed by atoms with E-state index in [4.69, 9.17) is 15.0 Å². The Hall–Kier alpha value is -8.21. The van der Waals surface area contributed by atoms with Crippen molar-refractivity contribution in [1.82, 2.24) is 19.5 Å². The van der Waals surface area contributed by atoms with Crippen LogP contribution in [-0.4, -0.2) is 19.5 Å². The second-order valence-electron chi connectivity index (χ2n) is 15.6. The molecule has 0 amide bonds. The van der Waals surface area contributed by atoms with Crippen LogP contribution in [-0.2, 0) is 0 Å². The second kappa shape index (κ2) is 14.3. The highest BCUT2D eigenvalue weighted by Gasteiger charge is 2.20. The summed E-state index contributed by atoms with van der Waals surface area (Å²) in [4.78, 5) is 15.4. The van der Waals surface area contributed by atoms with Gasteiger partial charge in [-0.25, -0.2) is 15.0 Å². The van der Waals surface area contributed by atoms with Crippen LogP contribution in [0.25, 0.3) is 116 Å². The zero-order valence-corrected chi connectivity index (χ0v) is 33.1. The van der Waals surface area contributed by atoms with Gasteiger partial charge in [-0.1, -0.05) is 164 Å². The number of hydrogen-bond donors (Lipinski definition) is 0. The van der Waals surface area contributed by atoms with Gasteiger partial charge in [0.15, 0.2) is 5.82 Å². The van der Waals surface area contributed by atoms with Crippen molar-refractivity contribution in [2.75, 3.05) is 0 Å². The molecule has 0 radical (unpaired) electrons. The Balaban J connectivity index is 1.07. The molecule has 0 unspecified atom stereocenters. The van der Waals surface area contributed by atoms with E-state index in [2.05, 4.69) is 199 Å². The molecule has 9 aromatic carbocycles. The SMILES string of the molecule is c1ccc(-c2cc(-c3ccc4ccc(-c5ccc6c(c5)c5c7c(ccc5n6-c5ccccc5)c(-c5ccccc5)nc5ccccc57)cc4c3)nc(-c3ccccc3)n2)cc1. The largest absolute Gasteiger partial charge is 0.309 e. The molecule has 3 aromatic heterocycles. The Morgan fingerprint density at radius 3 is 1.64 bits per heavy atom. The van der Waals surface area contributed by atoms with Gasteiger partial charge in [0.2, 0.25) is 0 Å². The van der Waals surface area contributed by atoms with Crippen molar-refractivity contribution in [2.45, 2.75) is 0 Å². The minimum absolute atomic E-state index is 0.709. The van der Waals surface area contributed by atoms with Crippen LogP contribution in [0.3, 0.4) is 0 Å². The second-order valence-corrected chi connectivity index (χ2v) is 15.6. The molecule has 284 valence electrons. The average molecular weight is 777 g/mol. The average Bonchev–Trinajstić information content (AvgIpc) is 3.68. The summed E-state index contributed by atoms with van der Waals surface area (Å²) in [5, 5.41) is 8.26. The molecule has 0 aliphatic heterocycles. The van der Waals surface area contributed by atoms with Gasteiger partial charge < -0.3 is 4.57 Å². The maximum Gasteiger partial charge on any atom is 0.160 e. The molecule has 0 atom stereocenters. The molecule has 0 saturated carbocycles. The van der Waals surface area contributed by atoms with E-state index < -0.39 is 0 Å². The zero-order chi connectivity index (χ0) is 40.3. The maximum atomic E-state index is 5.27. The quantitative estimate of drug-likeness (QED) is 0.158. The number of benzene rings is 9. The van der Waals surface area contributed by atoms with Gasteiger partial charge in [0, 0.05) is 54.9 Å². The third kappa shape index (κ3) is 5.96. The normalized spacial score (nSPS) is 11.6. The Morgan fingerprint density at radius 1 is 0.311 bits per heavy atom. The number of para-hydroxylation sites is 2. The van der Waals surface area contributed by atoms with Crippen LogP contribution < -0.4 is 0 Å². The molecule has 12 aromatic rings. The van der Waals surface area contributed by atoms with E-state index >= 15 is 0 Å². The molecule has 0 saturated heterocycles. The van der Waals surface area contributed by atoms with Crippen LogP contribution >= 0.6 is 0 Å². The molecular weight excluding hydrogens is 741 g/mol. The van der Waals surface area contributed by atoms with Crippen molar-refractivity contribution in [3.05, 3.63) is 218 Å². The van der Waals surface area contributed by atoms with Crippen LogP contribution in [0.4, 0.5) is 0 Å². The first-order valence-electron chi connectivity index (χ1n) is 20.7. The summed E-state index contributed by atoms with van der Waals surface area (Å²) >= 11 is 0. The fourth-order valence-electron chi connectivity index (χ4n) is 9.06. The van der Waals surface area contributed by atoms with Gasteiger partial charge >= 0.3 is 0 Å². The lowest BCUT2D eigenvalue weighted by Gasteiger charge is -2.12. The topological polar surface area (TPSA) is 43.6 Å². The Kier molecular flexibility index (Phi) is 8.13. The first-order chi connectivity index (χ1) is 30.2. The minimum Gasteiger partial charge on any atom is -0.309 e. The van der Waals surface area contributed by atoms with E-state index in [-0.39, 0.29) is 0 Å². The lowest BCUT2D eigenvalue weighted by molar-refractivity contribution is 1.18. The van der Waals surface area contributed by atoms with E-state index in [0.717, 1.165) is 83.3 Å². The molecule has 0 spiro atoms. The molecule has 61 heavy (non-hydrogen) atoms. The molecule has 0 aliphatic rings. The van der Waals surface area contributed by atoms with Crippen molar-refractivity contribution in [1.29, 1.82) is 0 Å². The Bertz CT molecular complexity index is 3560. The summed E-state index contributed by atoms with van der Waals surface area (Å²) in [6.07, 6.45) is 0. The summed E-state index contributed by atoms with van der Waals surface area (Å²) < 4.78 is 2.41. The van der Waals surface area contributed by atoms with Crippen LogP contribution in [0.1, 0.15) is 0 Å². The van der Waals surface area contributed by atoms with Crippen molar-refractivity contribution in [3.8, 4) is 62.0 Å². The molecule has 4 nitrogen and oxygen atoms in total. The van der Waals surface area contributed by atoms with E-state index in [1.165, 1.54) is 27.1 Å². The van der Waals surface area contributed by atoms with Gasteiger partial charge in [-0.3, -0.25) is 0 Å². The van der Waals surface area contributed by atoms with Crippen molar-refractivity contribution in [2.24, 2.45) is 0 Å². The van der Waals surface area contributed by atoms with Crippen molar-refractivity contribution < 1.29 is 0 Å². The van der Waals surface area contributed by atoms with E-state index in [9.17, 15) is 0 Å². The van der Waals surface area contributed by atoms with E-state index in [0.29, 0.717) is 5.82 Å². The fourth-order valence-corrected chi connectivity index (χ4v) is 9.06. The summed E-state index contributed by atoms with van der Waals surface area (Å²) in [5.74, 6) is 0.709. The molecular formula is C57H36N4. The number of fused-ring (bicyclic) bond motifs is 8. The summed E-state index contributed by atoms with van der Waals surface area (Å²) in [5.41, 5.74) is 13.7. The number of rotatable bonds is 6. The zero-order valence-electron chi connectivity index (χ0n) is 33.1. The Morgan fingerprint density at radius 2 is 0.885 bits per heavy atom. The lowest BCUT2D eigenvalue weighted by Crippen LogP contribution is -1.95. The van der Waals surface area contributed by atoms with Crippen LogP contribution in [0.15, 0.2) is 218 Å². The standard InChI is InChI=1S/C57H36N4/c1-5-15-38(16-6-1)50-36-51(60-57(59-50)40-19-9-3-10-20-40)43-28-26-37-25-27-41(33-44(37)34-43)42-29-31-52-48(35-42)55-53(61(52)45-21-11-4-12-22-45)32-30-47-54(55)46-23-13-14-24-49(46)58-56(47)39-17-7-2-8-18-39/h1-36H. The summed E-state index contributed by atoms with van der Waals surface area (Å²) in [6, 6.07) is 77.5. The maximum absolute atomic E-state index is 5.27. The van der Waals surface area contributed by atoms with Gasteiger partial charge in [0.05, 0.1) is 33.6 Å². The third-order valence-electron chi connectivity index (χ3n) is 12.0. The van der Waals surface area contributed by atoms with Gasteiger partial charge in [-0.05, 0) is 76.5 Å². The van der Waals surface area contributed by atoms with Crippen LogP contribution in [0.5, 0.6) is 0 Å². The molecule has 3 heterocycles. The molecule has 0 fully saturated rings. The first kappa shape index (κ1) is 34.8. The van der Waals surface area contributed by atoms with E-state index in [1.54, 1.807) is 0 Å². The number of hydrogen-bond acceptors (Lipinski definition) is 3. The minimum atomic E-state index is 0.709. The molecule has 4 heteroatoms. The molecule has 12 rings (SSSR count). The number of pyridine rings is 1. The molecule has 0 aliphatic carbocycles. The van der Waals surface area contributed by atoms with Gasteiger partial charge in [0.25, 0.3) is 0 Å². The van der Waals surface area contributed by atoms with Crippen LogP contribution in [0.2, 0.25) is 0 Å². The van der Waals surface area contributed by atoms with Crippen LogP contribution in [0, 0.1) is 0 Å². The van der Waals surface area contributed by atoms with Crippen molar-refractivity contribution >= 4 is 54.3 Å². The predicted molar refractivity (Wildman–Crippen MR) is 254 cm³/mol. The first-order valence-corrected chi connectivity index (χ1v) is 20.7. The smallest absolute Gasteiger partial charge is 0.160 e. The molecule has 0 N–H and O–H groups in total. The monoisotopic (exact) mass is 776 g/mol. The van der Waals surface area contributed by atoms with Gasteiger partial charge in [-0.15, -0.1) is 0 Å². The molecule has 0 bridgehead atoms. The highest BCUT2D eigenvalue weighted by molar-refractivity contribution is 6.29. The van der Waals surface area contributed by atoms with Gasteiger partial charge in [0.1, 0.15) is 0 Å². The summed E-state index contributed by atoms with van der Waals surface area (Å²) in [6.45, 7) is 0. The predicted octanol–water partition coefficient (Wildman–Crippen LogP) is 14.8. The highest BCUT2D eigenvalue weighted by Crippen LogP contribution is 2.43. The lowest BCUT2D eigenvalue weighted by atomic mass is 9.94. The summed E-state index contributed by atoms with van der Waals surface area (Å²) in [7, 11) is 0. The highest BCUT2D eigenvalue weighted by atomic mass is 15.0. The number of aromatic nitrogens is 4. The van der Waals surface area contributed by atoms with Crippen molar-refractivity contribution in [3.63, 3.8) is 0 Å². The Labute approximate surface area is 352 Å². The van der Waals surface area contributed by atoms with Gasteiger partial charge in [-0.2, -0.15) is 0 Å². The third-order valence-corrected chi connectivity index (χ3v) is 12.0. The fraction of sp³-hybridized carbons (Fsp3) is 0. The van der Waals surface area contributed by atoms with E-state index in [1.807, 2.05) is 24.3 Å².